The van der Waals surface area contributed by atoms with Gasteiger partial charge in [-0.3, -0.25) is 0 Å². The van der Waals surface area contributed by atoms with Gasteiger partial charge in [0.25, 0.3) is 0 Å². The zero-order valence-corrected chi connectivity index (χ0v) is 8.84. The van der Waals surface area contributed by atoms with Crippen LogP contribution in [0.5, 0.6) is 5.75 Å². The van der Waals surface area contributed by atoms with Crippen molar-refractivity contribution in [1.29, 1.82) is 0 Å². The molecule has 0 bridgehead atoms. The normalized spacial score (nSPS) is 20.3. The summed E-state index contributed by atoms with van der Waals surface area (Å²) in [5, 5.41) is 3.40. The van der Waals surface area contributed by atoms with Crippen LogP contribution in [0.1, 0.15) is 30.9 Å². The maximum atomic E-state index is 5.48. The van der Waals surface area contributed by atoms with Crippen LogP contribution in [-0.4, -0.2) is 13.2 Å². The van der Waals surface area contributed by atoms with Gasteiger partial charge in [-0.2, -0.15) is 0 Å². The molecule has 0 saturated heterocycles. The predicted octanol–water partition coefficient (Wildman–Crippen LogP) is 2.29. The van der Waals surface area contributed by atoms with Crippen molar-refractivity contribution in [3.63, 3.8) is 0 Å². The molecule has 2 heteroatoms. The van der Waals surface area contributed by atoms with Gasteiger partial charge in [0.05, 0.1) is 6.61 Å². The van der Waals surface area contributed by atoms with Crippen LogP contribution >= 0.6 is 0 Å². The van der Waals surface area contributed by atoms with Crippen LogP contribution in [0.4, 0.5) is 0 Å². The molecule has 0 fully saturated rings. The van der Waals surface area contributed by atoms with Gasteiger partial charge in [0.15, 0.2) is 0 Å². The Labute approximate surface area is 85.3 Å². The minimum atomic E-state index is 0.620. The van der Waals surface area contributed by atoms with Gasteiger partial charge < -0.3 is 10.1 Å². The van der Waals surface area contributed by atoms with E-state index in [1.165, 1.54) is 11.1 Å². The SMILES string of the molecule is CCOc1ccc2c(c1)CNCC2C. The fraction of sp³-hybridized carbons (Fsp3) is 0.500. The first-order valence-electron chi connectivity index (χ1n) is 5.27. The maximum Gasteiger partial charge on any atom is 0.119 e. The molecule has 0 aliphatic carbocycles. The lowest BCUT2D eigenvalue weighted by Gasteiger charge is -2.23. The summed E-state index contributed by atoms with van der Waals surface area (Å²) >= 11 is 0. The summed E-state index contributed by atoms with van der Waals surface area (Å²) in [5.74, 6) is 1.61. The topological polar surface area (TPSA) is 21.3 Å². The number of ether oxygens (including phenoxy) is 1. The Morgan fingerprint density at radius 1 is 1.50 bits per heavy atom. The highest BCUT2D eigenvalue weighted by Gasteiger charge is 2.15. The third kappa shape index (κ3) is 1.75. The third-order valence-electron chi connectivity index (χ3n) is 2.72. The van der Waals surface area contributed by atoms with Gasteiger partial charge in [-0.1, -0.05) is 13.0 Å². The molecular formula is C12H17NO. The van der Waals surface area contributed by atoms with Crippen molar-refractivity contribution in [2.24, 2.45) is 0 Å². The maximum absolute atomic E-state index is 5.48. The van der Waals surface area contributed by atoms with E-state index in [1.54, 1.807) is 0 Å². The number of benzene rings is 1. The van der Waals surface area contributed by atoms with E-state index < -0.39 is 0 Å². The van der Waals surface area contributed by atoms with E-state index in [2.05, 4.69) is 30.4 Å². The van der Waals surface area contributed by atoms with Gasteiger partial charge >= 0.3 is 0 Å². The molecule has 1 aromatic carbocycles. The zero-order chi connectivity index (χ0) is 9.97. The van der Waals surface area contributed by atoms with Crippen LogP contribution in [-0.2, 0) is 6.54 Å². The monoisotopic (exact) mass is 191 g/mol. The highest BCUT2D eigenvalue weighted by atomic mass is 16.5. The Bertz CT molecular complexity index is 322. The summed E-state index contributed by atoms with van der Waals surface area (Å²) in [6.45, 7) is 7.06. The fourth-order valence-corrected chi connectivity index (χ4v) is 2.01. The van der Waals surface area contributed by atoms with E-state index in [9.17, 15) is 0 Å². The van der Waals surface area contributed by atoms with Crippen LogP contribution in [0, 0.1) is 0 Å². The summed E-state index contributed by atoms with van der Waals surface area (Å²) in [6, 6.07) is 6.43. The summed E-state index contributed by atoms with van der Waals surface area (Å²) in [4.78, 5) is 0. The van der Waals surface area contributed by atoms with Gasteiger partial charge in [0, 0.05) is 13.1 Å². The molecule has 0 radical (unpaired) electrons. The van der Waals surface area contributed by atoms with Crippen LogP contribution in [0.2, 0.25) is 0 Å². The van der Waals surface area contributed by atoms with Crippen molar-refractivity contribution in [2.45, 2.75) is 26.3 Å². The van der Waals surface area contributed by atoms with Crippen molar-refractivity contribution < 1.29 is 4.74 Å². The highest BCUT2D eigenvalue weighted by molar-refractivity contribution is 5.39. The molecule has 76 valence electrons. The largest absolute Gasteiger partial charge is 0.494 e. The summed E-state index contributed by atoms with van der Waals surface area (Å²) in [6.07, 6.45) is 0. The quantitative estimate of drug-likeness (QED) is 0.774. The fourth-order valence-electron chi connectivity index (χ4n) is 2.01. The lowest BCUT2D eigenvalue weighted by molar-refractivity contribution is 0.339. The average molecular weight is 191 g/mol. The first-order chi connectivity index (χ1) is 6.81. The van der Waals surface area contributed by atoms with Crippen molar-refractivity contribution >= 4 is 0 Å². The second kappa shape index (κ2) is 4.01. The molecule has 0 spiro atoms. The van der Waals surface area contributed by atoms with E-state index in [-0.39, 0.29) is 0 Å². The van der Waals surface area contributed by atoms with E-state index in [0.29, 0.717) is 5.92 Å². The Balaban J connectivity index is 2.29. The Morgan fingerprint density at radius 2 is 2.36 bits per heavy atom. The number of nitrogens with one attached hydrogen (secondary N) is 1. The number of hydrogen-bond donors (Lipinski definition) is 1. The molecule has 0 aromatic heterocycles. The lowest BCUT2D eigenvalue weighted by atomic mass is 9.92. The molecule has 1 aliphatic rings. The molecule has 2 nitrogen and oxygen atoms in total. The Morgan fingerprint density at radius 3 is 3.14 bits per heavy atom. The van der Waals surface area contributed by atoms with Gasteiger partial charge in [-0.05, 0) is 36.1 Å². The summed E-state index contributed by atoms with van der Waals surface area (Å²) < 4.78 is 5.48. The molecule has 1 aliphatic heterocycles. The first-order valence-corrected chi connectivity index (χ1v) is 5.27. The molecule has 1 aromatic rings. The molecule has 1 atom stereocenters. The molecule has 14 heavy (non-hydrogen) atoms. The predicted molar refractivity (Wildman–Crippen MR) is 57.7 cm³/mol. The minimum absolute atomic E-state index is 0.620. The number of fused-ring (bicyclic) bond motifs is 1. The molecule has 1 unspecified atom stereocenters. The molecular weight excluding hydrogens is 174 g/mol. The minimum Gasteiger partial charge on any atom is -0.494 e. The van der Waals surface area contributed by atoms with Crippen LogP contribution in [0.15, 0.2) is 18.2 Å². The molecule has 1 heterocycles. The smallest absolute Gasteiger partial charge is 0.119 e. The molecule has 1 N–H and O–H groups in total. The van der Waals surface area contributed by atoms with Crippen molar-refractivity contribution in [3.05, 3.63) is 29.3 Å². The second-order valence-electron chi connectivity index (χ2n) is 3.83. The molecule has 0 saturated carbocycles. The zero-order valence-electron chi connectivity index (χ0n) is 8.84. The van der Waals surface area contributed by atoms with Crippen molar-refractivity contribution in [1.82, 2.24) is 5.32 Å². The van der Waals surface area contributed by atoms with Crippen molar-refractivity contribution in [2.75, 3.05) is 13.2 Å². The van der Waals surface area contributed by atoms with Crippen LogP contribution < -0.4 is 10.1 Å². The lowest BCUT2D eigenvalue weighted by Crippen LogP contribution is -2.26. The number of rotatable bonds is 2. The van der Waals surface area contributed by atoms with E-state index in [4.69, 9.17) is 4.74 Å². The Kier molecular flexibility index (Phi) is 2.73. The second-order valence-corrected chi connectivity index (χ2v) is 3.83. The average Bonchev–Trinajstić information content (AvgIpc) is 2.18. The van der Waals surface area contributed by atoms with E-state index >= 15 is 0 Å². The van der Waals surface area contributed by atoms with Crippen molar-refractivity contribution in [3.8, 4) is 5.75 Å². The third-order valence-corrected chi connectivity index (χ3v) is 2.72. The van der Waals surface area contributed by atoms with E-state index in [1.807, 2.05) is 6.92 Å². The molecule has 0 amide bonds. The van der Waals surface area contributed by atoms with Gasteiger partial charge in [0.1, 0.15) is 5.75 Å². The van der Waals surface area contributed by atoms with Gasteiger partial charge in [-0.25, -0.2) is 0 Å². The standard InChI is InChI=1S/C12H17NO/c1-3-14-11-4-5-12-9(2)7-13-8-10(12)6-11/h4-6,9,13H,3,7-8H2,1-2H3. The first kappa shape index (κ1) is 9.53. The number of hydrogen-bond acceptors (Lipinski definition) is 2. The Hall–Kier alpha value is -1.02. The van der Waals surface area contributed by atoms with Crippen LogP contribution in [0.25, 0.3) is 0 Å². The molecule has 2 rings (SSSR count). The highest BCUT2D eigenvalue weighted by Crippen LogP contribution is 2.26. The summed E-state index contributed by atoms with van der Waals surface area (Å²) in [5.41, 5.74) is 2.85. The summed E-state index contributed by atoms with van der Waals surface area (Å²) in [7, 11) is 0. The van der Waals surface area contributed by atoms with E-state index in [0.717, 1.165) is 25.4 Å². The van der Waals surface area contributed by atoms with Crippen LogP contribution in [0.3, 0.4) is 0 Å². The van der Waals surface area contributed by atoms with Gasteiger partial charge in [0.2, 0.25) is 0 Å². The van der Waals surface area contributed by atoms with Gasteiger partial charge in [-0.15, -0.1) is 0 Å².